The molecule has 1 aromatic heterocycles. The molecule has 20 heavy (non-hydrogen) atoms. The smallest absolute Gasteiger partial charge is 0.264 e. The number of nitriles is 1. The zero-order valence-electron chi connectivity index (χ0n) is 11.0. The van der Waals surface area contributed by atoms with E-state index >= 15 is 0 Å². The molecule has 0 aliphatic carbocycles. The molecular formula is C13H13N3O2S2. The minimum atomic E-state index is -3.80. The van der Waals surface area contributed by atoms with Gasteiger partial charge in [-0.3, -0.25) is 4.72 Å². The Balaban J connectivity index is 2.48. The maximum atomic E-state index is 12.3. The summed E-state index contributed by atoms with van der Waals surface area (Å²) in [5, 5.41) is 9.46. The average Bonchev–Trinajstić information content (AvgIpc) is 2.64. The van der Waals surface area contributed by atoms with Gasteiger partial charge in [0.25, 0.3) is 10.0 Å². The quantitative estimate of drug-likeness (QED) is 0.852. The SMILES string of the molecule is Cc1sc(NS(=O)(=O)c2ccccc2N)c(C#N)c1C. The second-order valence-corrected chi connectivity index (χ2v) is 7.12. The van der Waals surface area contributed by atoms with Crippen LogP contribution in [0.15, 0.2) is 29.2 Å². The van der Waals surface area contributed by atoms with E-state index in [-0.39, 0.29) is 10.6 Å². The van der Waals surface area contributed by atoms with E-state index in [0.29, 0.717) is 10.6 Å². The third kappa shape index (κ3) is 2.48. The van der Waals surface area contributed by atoms with Gasteiger partial charge in [-0.05, 0) is 31.5 Å². The van der Waals surface area contributed by atoms with Crippen molar-refractivity contribution in [1.29, 1.82) is 5.26 Å². The van der Waals surface area contributed by atoms with Crippen molar-refractivity contribution in [3.8, 4) is 6.07 Å². The van der Waals surface area contributed by atoms with Crippen molar-refractivity contribution in [2.45, 2.75) is 18.7 Å². The average molecular weight is 307 g/mol. The minimum absolute atomic E-state index is 0.00703. The Kier molecular flexibility index (Phi) is 3.70. The van der Waals surface area contributed by atoms with Crippen LogP contribution < -0.4 is 10.5 Å². The lowest BCUT2D eigenvalue weighted by Crippen LogP contribution is -2.14. The molecule has 5 nitrogen and oxygen atoms in total. The molecule has 3 N–H and O–H groups in total. The van der Waals surface area contributed by atoms with Crippen molar-refractivity contribution in [2.75, 3.05) is 10.5 Å². The molecule has 0 radical (unpaired) electrons. The number of benzene rings is 1. The fourth-order valence-electron chi connectivity index (χ4n) is 1.74. The first-order valence-electron chi connectivity index (χ1n) is 5.74. The second-order valence-electron chi connectivity index (χ2n) is 4.24. The Bertz CT molecular complexity index is 802. The number of aryl methyl sites for hydroxylation is 1. The first-order chi connectivity index (χ1) is 9.36. The van der Waals surface area contributed by atoms with Crippen molar-refractivity contribution >= 4 is 32.0 Å². The molecule has 0 atom stereocenters. The van der Waals surface area contributed by atoms with Crippen LogP contribution in [0.25, 0.3) is 0 Å². The van der Waals surface area contributed by atoms with E-state index in [0.717, 1.165) is 10.4 Å². The van der Waals surface area contributed by atoms with Crippen molar-refractivity contribution in [3.05, 3.63) is 40.3 Å². The lowest BCUT2D eigenvalue weighted by molar-refractivity contribution is 0.601. The molecule has 0 saturated heterocycles. The fourth-order valence-corrected chi connectivity index (χ4v) is 4.19. The van der Waals surface area contributed by atoms with Crippen LogP contribution in [0.3, 0.4) is 0 Å². The number of para-hydroxylation sites is 1. The second kappa shape index (κ2) is 5.15. The number of sulfonamides is 1. The van der Waals surface area contributed by atoms with Crippen LogP contribution in [-0.4, -0.2) is 8.42 Å². The van der Waals surface area contributed by atoms with E-state index in [1.165, 1.54) is 23.5 Å². The van der Waals surface area contributed by atoms with Crippen LogP contribution in [0.4, 0.5) is 10.7 Å². The van der Waals surface area contributed by atoms with Gasteiger partial charge in [0.2, 0.25) is 0 Å². The summed E-state index contributed by atoms with van der Waals surface area (Å²) < 4.78 is 27.1. The number of hydrogen-bond acceptors (Lipinski definition) is 5. The molecule has 1 aromatic carbocycles. The van der Waals surface area contributed by atoms with Gasteiger partial charge in [-0.2, -0.15) is 5.26 Å². The zero-order chi connectivity index (χ0) is 14.9. The highest BCUT2D eigenvalue weighted by Gasteiger charge is 2.21. The minimum Gasteiger partial charge on any atom is -0.398 e. The van der Waals surface area contributed by atoms with Crippen molar-refractivity contribution < 1.29 is 8.42 Å². The third-order valence-corrected chi connectivity index (χ3v) is 5.61. The summed E-state index contributed by atoms with van der Waals surface area (Å²) in [4.78, 5) is 0.910. The molecule has 0 aliphatic heterocycles. The number of nitrogens with one attached hydrogen (secondary N) is 1. The molecule has 0 saturated carbocycles. The van der Waals surface area contributed by atoms with E-state index in [2.05, 4.69) is 4.72 Å². The van der Waals surface area contributed by atoms with Crippen LogP contribution in [0.1, 0.15) is 16.0 Å². The van der Waals surface area contributed by atoms with Gasteiger partial charge in [0.05, 0.1) is 11.3 Å². The molecule has 7 heteroatoms. The molecule has 2 aromatic rings. The van der Waals surface area contributed by atoms with Crippen LogP contribution >= 0.6 is 11.3 Å². The predicted molar refractivity (Wildman–Crippen MR) is 80.2 cm³/mol. The largest absolute Gasteiger partial charge is 0.398 e. The molecule has 104 valence electrons. The zero-order valence-corrected chi connectivity index (χ0v) is 12.6. The normalized spacial score (nSPS) is 11.1. The molecule has 0 unspecified atom stereocenters. The molecule has 0 spiro atoms. The number of nitrogens with zero attached hydrogens (tertiary/aromatic N) is 1. The third-order valence-electron chi connectivity index (χ3n) is 2.93. The highest BCUT2D eigenvalue weighted by atomic mass is 32.2. The predicted octanol–water partition coefficient (Wildman–Crippen LogP) is 2.62. The van der Waals surface area contributed by atoms with Crippen LogP contribution in [0.2, 0.25) is 0 Å². The van der Waals surface area contributed by atoms with Gasteiger partial charge in [0, 0.05) is 4.88 Å². The topological polar surface area (TPSA) is 96.0 Å². The van der Waals surface area contributed by atoms with E-state index < -0.39 is 10.0 Å². The van der Waals surface area contributed by atoms with E-state index in [1.807, 2.05) is 13.0 Å². The van der Waals surface area contributed by atoms with E-state index in [4.69, 9.17) is 11.0 Å². The summed E-state index contributed by atoms with van der Waals surface area (Å²) in [6, 6.07) is 8.23. The monoisotopic (exact) mass is 307 g/mol. The molecule has 0 fully saturated rings. The maximum absolute atomic E-state index is 12.3. The Morgan fingerprint density at radius 2 is 1.95 bits per heavy atom. The number of rotatable bonds is 3. The van der Waals surface area contributed by atoms with Crippen LogP contribution in [0.5, 0.6) is 0 Å². The van der Waals surface area contributed by atoms with Gasteiger partial charge in [-0.1, -0.05) is 12.1 Å². The lowest BCUT2D eigenvalue weighted by atomic mass is 10.2. The van der Waals surface area contributed by atoms with Gasteiger partial charge in [0.15, 0.2) is 0 Å². The summed E-state index contributed by atoms with van der Waals surface area (Å²) >= 11 is 1.24. The summed E-state index contributed by atoms with van der Waals surface area (Å²) in [6.07, 6.45) is 0. The highest BCUT2D eigenvalue weighted by Crippen LogP contribution is 2.33. The fraction of sp³-hybridized carbons (Fsp3) is 0.154. The highest BCUT2D eigenvalue weighted by molar-refractivity contribution is 7.93. The van der Waals surface area contributed by atoms with Crippen LogP contribution in [0, 0.1) is 25.2 Å². The molecule has 0 aliphatic rings. The number of hydrogen-bond donors (Lipinski definition) is 2. The van der Waals surface area contributed by atoms with Crippen LogP contribution in [-0.2, 0) is 10.0 Å². The Labute approximate surface area is 121 Å². The molecule has 0 amide bonds. The van der Waals surface area contributed by atoms with Gasteiger partial charge in [0.1, 0.15) is 16.0 Å². The Hall–Kier alpha value is -2.04. The number of anilines is 2. The summed E-state index contributed by atoms with van der Waals surface area (Å²) in [5.74, 6) is 0. The van der Waals surface area contributed by atoms with Gasteiger partial charge in [-0.25, -0.2) is 8.42 Å². The first kappa shape index (κ1) is 14.4. The molecule has 2 rings (SSSR count). The van der Waals surface area contributed by atoms with Gasteiger partial charge >= 0.3 is 0 Å². The number of thiophene rings is 1. The molecule has 0 bridgehead atoms. The molecular weight excluding hydrogens is 294 g/mol. The summed E-state index contributed by atoms with van der Waals surface area (Å²) in [6.45, 7) is 3.63. The van der Waals surface area contributed by atoms with Gasteiger partial charge in [-0.15, -0.1) is 11.3 Å². The maximum Gasteiger partial charge on any atom is 0.264 e. The van der Waals surface area contributed by atoms with Crippen molar-refractivity contribution in [1.82, 2.24) is 0 Å². The van der Waals surface area contributed by atoms with Gasteiger partial charge < -0.3 is 5.73 Å². The van der Waals surface area contributed by atoms with Crippen molar-refractivity contribution in [3.63, 3.8) is 0 Å². The Morgan fingerprint density at radius 1 is 1.30 bits per heavy atom. The Morgan fingerprint density at radius 3 is 2.55 bits per heavy atom. The van der Waals surface area contributed by atoms with Crippen molar-refractivity contribution in [2.24, 2.45) is 0 Å². The summed E-state index contributed by atoms with van der Waals surface area (Å²) in [5.41, 5.74) is 7.00. The lowest BCUT2D eigenvalue weighted by Gasteiger charge is -2.08. The standard InChI is InChI=1S/C13H13N3O2S2/c1-8-9(2)19-13(10(8)7-14)16-20(17,18)12-6-4-3-5-11(12)15/h3-6,16H,15H2,1-2H3. The first-order valence-corrected chi connectivity index (χ1v) is 8.04. The summed E-state index contributed by atoms with van der Waals surface area (Å²) in [7, 11) is -3.80. The number of nitrogen functional groups attached to an aromatic ring is 1. The number of nitrogens with two attached hydrogens (primary N) is 1. The molecule has 1 heterocycles. The van der Waals surface area contributed by atoms with E-state index in [1.54, 1.807) is 19.1 Å². The van der Waals surface area contributed by atoms with E-state index in [9.17, 15) is 8.42 Å².